The lowest BCUT2D eigenvalue weighted by Gasteiger charge is -2.20. The maximum atomic E-state index is 14.2. The maximum absolute atomic E-state index is 14.2. The van der Waals surface area contributed by atoms with Gasteiger partial charge in [0.05, 0.1) is 24.3 Å². The highest BCUT2D eigenvalue weighted by atomic mass is 16.5. The smallest absolute Gasteiger partial charge is 0.343 e. The van der Waals surface area contributed by atoms with Gasteiger partial charge in [-0.3, -0.25) is 9.59 Å². The van der Waals surface area contributed by atoms with Crippen LogP contribution < -0.4 is 18.9 Å². The van der Waals surface area contributed by atoms with Gasteiger partial charge in [0.1, 0.15) is 23.0 Å². The van der Waals surface area contributed by atoms with E-state index in [0.717, 1.165) is 33.7 Å². The summed E-state index contributed by atoms with van der Waals surface area (Å²) in [5, 5.41) is 2.95. The van der Waals surface area contributed by atoms with Crippen molar-refractivity contribution in [2.75, 3.05) is 0 Å². The van der Waals surface area contributed by atoms with Gasteiger partial charge in [0.15, 0.2) is 22.9 Å². The van der Waals surface area contributed by atoms with Gasteiger partial charge in [-0.15, -0.1) is 0 Å². The standard InChI is InChI=1S/C58H36N2O10/c1-5-53(63)67-45-25-15-37(16-26-45)57(65)69-47-21-11-35(12-22-47)51(61)33-41-9-7-39-31-43(59-3)19-29-49(39)55(41)56-42(10-8-40-32-44(60-4)20-30-50(40)56)34-52(62)36-13-23-48(24-14-36)70-58(66)38-17-27-46(28-18-38)68-54(64)6-2/h5-32H,1-2,33-34H2. The third-order valence-corrected chi connectivity index (χ3v) is 11.1. The van der Waals surface area contributed by atoms with Crippen molar-refractivity contribution in [2.24, 2.45) is 0 Å². The number of rotatable bonds is 15. The third kappa shape index (κ3) is 10.5. The molecule has 0 radical (unpaired) electrons. The highest BCUT2D eigenvalue weighted by Gasteiger charge is 2.22. The number of nitrogens with zero attached hydrogens (tertiary/aromatic N) is 2. The van der Waals surface area contributed by atoms with Crippen LogP contribution in [0.2, 0.25) is 0 Å². The molecule has 0 aliphatic carbocycles. The van der Waals surface area contributed by atoms with E-state index < -0.39 is 23.9 Å². The van der Waals surface area contributed by atoms with E-state index in [9.17, 15) is 28.8 Å². The lowest BCUT2D eigenvalue weighted by atomic mass is 9.83. The van der Waals surface area contributed by atoms with E-state index in [1.54, 1.807) is 48.5 Å². The van der Waals surface area contributed by atoms with Crippen molar-refractivity contribution in [3.05, 3.63) is 239 Å². The summed E-state index contributed by atoms with van der Waals surface area (Å²) >= 11 is 0. The first-order valence-electron chi connectivity index (χ1n) is 21.4. The van der Waals surface area contributed by atoms with Crippen LogP contribution in [0.5, 0.6) is 23.0 Å². The van der Waals surface area contributed by atoms with Gasteiger partial charge in [-0.05, 0) is 153 Å². The lowest BCUT2D eigenvalue weighted by Crippen LogP contribution is -2.10. The first-order valence-corrected chi connectivity index (χ1v) is 21.4. The topological polar surface area (TPSA) is 148 Å². The number of Topliss-reactive ketones (excluding diaryl/α,β-unsaturated/α-hetero) is 2. The monoisotopic (exact) mass is 920 g/mol. The van der Waals surface area contributed by atoms with Crippen LogP contribution in [0.4, 0.5) is 11.4 Å². The quantitative estimate of drug-likeness (QED) is 0.0320. The molecule has 0 saturated carbocycles. The minimum atomic E-state index is -0.663. The molecule has 0 aliphatic rings. The van der Waals surface area contributed by atoms with Gasteiger partial charge in [0.2, 0.25) is 0 Å². The van der Waals surface area contributed by atoms with Crippen LogP contribution in [-0.4, -0.2) is 35.4 Å². The van der Waals surface area contributed by atoms with Crippen LogP contribution in [0.3, 0.4) is 0 Å². The van der Waals surface area contributed by atoms with Crippen LogP contribution in [0.25, 0.3) is 42.4 Å². The molecule has 70 heavy (non-hydrogen) atoms. The Bertz CT molecular complexity index is 3290. The largest absolute Gasteiger partial charge is 0.423 e. The van der Waals surface area contributed by atoms with Crippen molar-refractivity contribution in [2.45, 2.75) is 12.8 Å². The molecule has 0 spiro atoms. The molecule has 8 aromatic rings. The van der Waals surface area contributed by atoms with E-state index in [1.807, 2.05) is 36.4 Å². The molecule has 0 N–H and O–H groups in total. The summed E-state index contributed by atoms with van der Waals surface area (Å²) in [6.07, 6.45) is 1.90. The van der Waals surface area contributed by atoms with Crippen molar-refractivity contribution in [3.63, 3.8) is 0 Å². The Morgan fingerprint density at radius 1 is 0.414 bits per heavy atom. The average molecular weight is 921 g/mol. The summed E-state index contributed by atoms with van der Waals surface area (Å²) in [5.74, 6) is -2.25. The second-order valence-electron chi connectivity index (χ2n) is 15.6. The maximum Gasteiger partial charge on any atom is 0.343 e. The van der Waals surface area contributed by atoms with Gasteiger partial charge in [0, 0.05) is 36.1 Å². The number of hydrogen-bond donors (Lipinski definition) is 0. The van der Waals surface area contributed by atoms with Gasteiger partial charge >= 0.3 is 23.9 Å². The van der Waals surface area contributed by atoms with E-state index in [0.29, 0.717) is 44.8 Å². The summed E-state index contributed by atoms with van der Waals surface area (Å²) in [5.41, 5.74) is 4.57. The molecule has 8 rings (SSSR count). The normalized spacial score (nSPS) is 10.5. The molecule has 0 unspecified atom stereocenters. The summed E-state index contributed by atoms with van der Waals surface area (Å²) in [6.45, 7) is 22.1. The van der Waals surface area contributed by atoms with Crippen molar-refractivity contribution in [3.8, 4) is 34.1 Å². The fraction of sp³-hybridized carbons (Fsp3) is 0.0345. The van der Waals surface area contributed by atoms with Crippen molar-refractivity contribution < 1.29 is 47.7 Å². The Morgan fingerprint density at radius 3 is 1.07 bits per heavy atom. The molecule has 0 saturated heterocycles. The summed E-state index contributed by atoms with van der Waals surface area (Å²) in [7, 11) is 0. The number of esters is 4. The fourth-order valence-electron chi connectivity index (χ4n) is 7.68. The third-order valence-electron chi connectivity index (χ3n) is 11.1. The van der Waals surface area contributed by atoms with E-state index in [4.69, 9.17) is 32.1 Å². The zero-order chi connectivity index (χ0) is 49.3. The second kappa shape index (κ2) is 20.6. The second-order valence-corrected chi connectivity index (χ2v) is 15.6. The van der Waals surface area contributed by atoms with Crippen molar-refractivity contribution >= 4 is 68.4 Å². The molecule has 0 aromatic heterocycles. The molecule has 0 bridgehead atoms. The van der Waals surface area contributed by atoms with E-state index in [-0.39, 0.29) is 58.5 Å². The lowest BCUT2D eigenvalue weighted by molar-refractivity contribution is -0.129. The predicted octanol–water partition coefficient (Wildman–Crippen LogP) is 12.2. The molecule has 0 amide bonds. The van der Waals surface area contributed by atoms with Crippen LogP contribution in [-0.2, 0) is 22.4 Å². The van der Waals surface area contributed by atoms with Crippen molar-refractivity contribution in [1.82, 2.24) is 0 Å². The van der Waals surface area contributed by atoms with Crippen molar-refractivity contribution in [1.29, 1.82) is 0 Å². The van der Waals surface area contributed by atoms with Crippen LogP contribution in [0.1, 0.15) is 52.6 Å². The van der Waals surface area contributed by atoms with Gasteiger partial charge in [0.25, 0.3) is 0 Å². The Morgan fingerprint density at radius 2 is 0.743 bits per heavy atom. The van der Waals surface area contributed by atoms with Gasteiger partial charge < -0.3 is 18.9 Å². The number of hydrogen-bond acceptors (Lipinski definition) is 10. The number of ketones is 2. The van der Waals surface area contributed by atoms with Crippen LogP contribution in [0.15, 0.2) is 183 Å². The summed E-state index contributed by atoms with van der Waals surface area (Å²) in [4.78, 5) is 84.6. The van der Waals surface area contributed by atoms with E-state index >= 15 is 0 Å². The molecule has 12 nitrogen and oxygen atoms in total. The molecule has 0 heterocycles. The average Bonchev–Trinajstić information content (AvgIpc) is 3.39. The Hall–Kier alpha value is -10.0. The zero-order valence-electron chi connectivity index (χ0n) is 37.0. The molecule has 338 valence electrons. The van der Waals surface area contributed by atoms with E-state index in [1.165, 1.54) is 72.8 Å². The van der Waals surface area contributed by atoms with E-state index in [2.05, 4.69) is 22.8 Å². The first-order chi connectivity index (χ1) is 33.9. The molecule has 0 fully saturated rings. The number of ether oxygens (including phenoxy) is 4. The molecule has 0 aliphatic heterocycles. The highest BCUT2D eigenvalue weighted by Crippen LogP contribution is 2.42. The predicted molar refractivity (Wildman–Crippen MR) is 263 cm³/mol. The zero-order valence-corrected chi connectivity index (χ0v) is 37.0. The number of carbonyl (C=O) groups excluding carboxylic acids is 6. The Kier molecular flexibility index (Phi) is 13.7. The van der Waals surface area contributed by atoms with Crippen LogP contribution >= 0.6 is 0 Å². The highest BCUT2D eigenvalue weighted by molar-refractivity contribution is 6.12. The van der Waals surface area contributed by atoms with Gasteiger partial charge in [-0.25, -0.2) is 28.9 Å². The van der Waals surface area contributed by atoms with Gasteiger partial charge in [-0.1, -0.05) is 61.7 Å². The molecule has 12 heteroatoms. The number of carbonyl (C=O) groups is 6. The summed E-state index contributed by atoms with van der Waals surface area (Å²) in [6, 6.07) is 41.9. The molecule has 0 atom stereocenters. The Balaban J connectivity index is 1.08. The molecular formula is C58H36N2O10. The number of fused-ring (bicyclic) bond motifs is 2. The fourth-order valence-corrected chi connectivity index (χ4v) is 7.68. The Labute approximate surface area is 400 Å². The van der Waals surface area contributed by atoms with Crippen LogP contribution in [0, 0.1) is 13.1 Å². The minimum absolute atomic E-state index is 0.0746. The minimum Gasteiger partial charge on any atom is -0.423 e. The van der Waals surface area contributed by atoms with Gasteiger partial charge in [-0.2, -0.15) is 0 Å². The molecular weight excluding hydrogens is 885 g/mol. The first kappa shape index (κ1) is 46.5. The summed E-state index contributed by atoms with van der Waals surface area (Å²) < 4.78 is 21.2. The SMILES string of the molecule is [C-]#[N+]c1ccc2c(-c3c(CC(=O)c4ccc(OC(=O)c5ccc(OC(=O)C=C)cc5)cc4)ccc4cc([N+]#[C-])ccc34)c(CC(=O)c3ccc(OC(=O)c4ccc(OC(=O)C=C)cc4)cc3)ccc2c1. The molecule has 8 aromatic carbocycles. The number of benzene rings is 8.